The molecule has 2 bridgehead atoms. The molecule has 16 heavy (non-hydrogen) atoms. The van der Waals surface area contributed by atoms with E-state index in [1.54, 1.807) is 0 Å². The van der Waals surface area contributed by atoms with Crippen LogP contribution in [-0.4, -0.2) is 35.6 Å². The molecule has 3 heteroatoms. The number of fused-ring (bicyclic) bond motifs is 2. The van der Waals surface area contributed by atoms with Gasteiger partial charge in [0.1, 0.15) is 0 Å². The van der Waals surface area contributed by atoms with Crippen LogP contribution in [0, 0.1) is 23.2 Å². The average molecular weight is 225 g/mol. The van der Waals surface area contributed by atoms with Crippen molar-refractivity contribution in [2.24, 2.45) is 23.2 Å². The van der Waals surface area contributed by atoms with Crippen molar-refractivity contribution in [3.05, 3.63) is 0 Å². The minimum Gasteiger partial charge on any atom is -0.480 e. The molecule has 0 saturated heterocycles. The summed E-state index contributed by atoms with van der Waals surface area (Å²) < 4.78 is 0. The number of carbonyl (C=O) groups is 1. The Hall–Kier alpha value is -0.570. The van der Waals surface area contributed by atoms with E-state index >= 15 is 0 Å². The van der Waals surface area contributed by atoms with Crippen LogP contribution in [0.15, 0.2) is 0 Å². The molecule has 3 nitrogen and oxygen atoms in total. The highest BCUT2D eigenvalue weighted by molar-refractivity contribution is 5.69. The van der Waals surface area contributed by atoms with Crippen molar-refractivity contribution < 1.29 is 9.90 Å². The highest BCUT2D eigenvalue weighted by Crippen LogP contribution is 2.61. The Morgan fingerprint density at radius 2 is 2.06 bits per heavy atom. The molecular formula is C13H23NO2. The van der Waals surface area contributed by atoms with Gasteiger partial charge in [-0.15, -0.1) is 0 Å². The zero-order chi connectivity index (χ0) is 12.1. The summed E-state index contributed by atoms with van der Waals surface area (Å²) >= 11 is 0. The molecular weight excluding hydrogens is 202 g/mol. The minimum absolute atomic E-state index is 0.175. The van der Waals surface area contributed by atoms with E-state index in [1.807, 2.05) is 11.9 Å². The molecule has 0 radical (unpaired) electrons. The van der Waals surface area contributed by atoms with E-state index in [9.17, 15) is 4.79 Å². The Balaban J connectivity index is 2.02. The lowest BCUT2D eigenvalue weighted by Crippen LogP contribution is -2.60. The van der Waals surface area contributed by atoms with Gasteiger partial charge >= 0.3 is 5.97 Å². The Morgan fingerprint density at radius 3 is 2.50 bits per heavy atom. The number of nitrogens with zero attached hydrogens (tertiary/aromatic N) is 1. The van der Waals surface area contributed by atoms with Gasteiger partial charge in [-0.1, -0.05) is 20.8 Å². The third kappa shape index (κ3) is 1.65. The summed E-state index contributed by atoms with van der Waals surface area (Å²) in [7, 11) is 1.95. The van der Waals surface area contributed by atoms with E-state index in [0.29, 0.717) is 17.4 Å². The molecule has 0 spiro atoms. The molecule has 0 amide bonds. The molecule has 1 N–H and O–H groups in total. The highest BCUT2D eigenvalue weighted by Gasteiger charge is 2.56. The quantitative estimate of drug-likeness (QED) is 0.799. The fourth-order valence-corrected chi connectivity index (χ4v) is 4.03. The van der Waals surface area contributed by atoms with Crippen LogP contribution < -0.4 is 0 Å². The van der Waals surface area contributed by atoms with Crippen LogP contribution in [0.1, 0.15) is 33.6 Å². The zero-order valence-corrected chi connectivity index (χ0v) is 10.7. The molecule has 1 unspecified atom stereocenters. The molecule has 3 saturated carbocycles. The van der Waals surface area contributed by atoms with Crippen LogP contribution in [0.2, 0.25) is 0 Å². The maximum atomic E-state index is 10.7. The summed E-state index contributed by atoms with van der Waals surface area (Å²) in [5, 5.41) is 8.84. The minimum atomic E-state index is -0.715. The topological polar surface area (TPSA) is 40.5 Å². The summed E-state index contributed by atoms with van der Waals surface area (Å²) in [5.74, 6) is 1.50. The second-order valence-electron chi connectivity index (χ2n) is 6.33. The average Bonchev–Trinajstić information content (AvgIpc) is 2.15. The van der Waals surface area contributed by atoms with Crippen LogP contribution >= 0.6 is 0 Å². The van der Waals surface area contributed by atoms with Gasteiger partial charge in [0, 0.05) is 6.04 Å². The second kappa shape index (κ2) is 3.73. The molecule has 0 aromatic heterocycles. The van der Waals surface area contributed by atoms with E-state index in [1.165, 1.54) is 12.8 Å². The van der Waals surface area contributed by atoms with Crippen molar-refractivity contribution in [3.63, 3.8) is 0 Å². The lowest BCUT2D eigenvalue weighted by Gasteiger charge is -2.63. The monoisotopic (exact) mass is 225 g/mol. The predicted octanol–water partition coefficient (Wildman–Crippen LogP) is 2.07. The molecule has 3 fully saturated rings. The highest BCUT2D eigenvalue weighted by atomic mass is 16.4. The number of aliphatic carboxylic acids is 1. The van der Waals surface area contributed by atoms with Gasteiger partial charge in [0.15, 0.2) is 0 Å². The molecule has 0 heterocycles. The molecule has 92 valence electrons. The van der Waals surface area contributed by atoms with Gasteiger partial charge in [0.05, 0.1) is 6.54 Å². The van der Waals surface area contributed by atoms with Gasteiger partial charge in [0.25, 0.3) is 0 Å². The van der Waals surface area contributed by atoms with E-state index in [4.69, 9.17) is 5.11 Å². The lowest BCUT2D eigenvalue weighted by atomic mass is 9.44. The standard InChI is InChI=1S/C13H23NO2/c1-8-10-5-9(13(10,2)3)6-11(8)14(4)7-12(15)16/h8-11H,5-7H2,1-4H3,(H,15,16)/t8-,9+,10?,11-/m0/s1. The molecule has 3 aliphatic rings. The Kier molecular flexibility index (Phi) is 2.77. The summed E-state index contributed by atoms with van der Waals surface area (Å²) in [4.78, 5) is 12.8. The first kappa shape index (κ1) is 11.9. The fourth-order valence-electron chi connectivity index (χ4n) is 4.03. The summed E-state index contributed by atoms with van der Waals surface area (Å²) in [6, 6.07) is 0.466. The van der Waals surface area contributed by atoms with Gasteiger partial charge in [0.2, 0.25) is 0 Å². The maximum Gasteiger partial charge on any atom is 0.317 e. The third-order valence-corrected chi connectivity index (χ3v) is 5.26. The SMILES string of the molecule is C[C@H]1C2C[C@H](C[C@@H]1N(C)CC(=O)O)C2(C)C. The van der Waals surface area contributed by atoms with Crippen molar-refractivity contribution >= 4 is 5.97 Å². The van der Waals surface area contributed by atoms with Crippen LogP contribution in [0.5, 0.6) is 0 Å². The van der Waals surface area contributed by atoms with Crippen molar-refractivity contribution in [1.82, 2.24) is 4.90 Å². The van der Waals surface area contributed by atoms with E-state index in [-0.39, 0.29) is 6.54 Å². The van der Waals surface area contributed by atoms with Crippen molar-refractivity contribution in [1.29, 1.82) is 0 Å². The number of carboxylic acid groups (broad SMARTS) is 1. The molecule has 0 aromatic carbocycles. The molecule has 4 atom stereocenters. The second-order valence-corrected chi connectivity index (χ2v) is 6.33. The first-order valence-electron chi connectivity index (χ1n) is 6.26. The zero-order valence-electron chi connectivity index (χ0n) is 10.7. The first-order chi connectivity index (χ1) is 7.34. The largest absolute Gasteiger partial charge is 0.480 e. The predicted molar refractivity (Wildman–Crippen MR) is 63.2 cm³/mol. The van der Waals surface area contributed by atoms with Gasteiger partial charge in [-0.3, -0.25) is 9.69 Å². The molecule has 3 rings (SSSR count). The van der Waals surface area contributed by atoms with Crippen LogP contribution in [0.3, 0.4) is 0 Å². The molecule has 0 aromatic rings. The third-order valence-electron chi connectivity index (χ3n) is 5.26. The van der Waals surface area contributed by atoms with Gasteiger partial charge in [-0.25, -0.2) is 0 Å². The van der Waals surface area contributed by atoms with E-state index in [2.05, 4.69) is 20.8 Å². The first-order valence-corrected chi connectivity index (χ1v) is 6.26. The summed E-state index contributed by atoms with van der Waals surface area (Å²) in [5.41, 5.74) is 0.486. The Labute approximate surface area is 97.8 Å². The van der Waals surface area contributed by atoms with Gasteiger partial charge in [-0.05, 0) is 43.1 Å². The van der Waals surface area contributed by atoms with Crippen molar-refractivity contribution in [3.8, 4) is 0 Å². The van der Waals surface area contributed by atoms with E-state index in [0.717, 1.165) is 11.8 Å². The van der Waals surface area contributed by atoms with Crippen LogP contribution in [0.4, 0.5) is 0 Å². The van der Waals surface area contributed by atoms with E-state index < -0.39 is 5.97 Å². The normalized spacial score (nSPS) is 40.6. The molecule has 3 aliphatic carbocycles. The van der Waals surface area contributed by atoms with Crippen LogP contribution in [0.25, 0.3) is 0 Å². The van der Waals surface area contributed by atoms with Crippen LogP contribution in [-0.2, 0) is 4.79 Å². The number of hydrogen-bond acceptors (Lipinski definition) is 2. The number of carboxylic acids is 1. The Morgan fingerprint density at radius 1 is 1.44 bits per heavy atom. The van der Waals surface area contributed by atoms with Crippen molar-refractivity contribution in [2.75, 3.05) is 13.6 Å². The smallest absolute Gasteiger partial charge is 0.317 e. The number of likely N-dealkylation sites (N-methyl/N-ethyl adjacent to an activating group) is 1. The van der Waals surface area contributed by atoms with Crippen molar-refractivity contribution in [2.45, 2.75) is 39.7 Å². The Bertz CT molecular complexity index is 300. The number of rotatable bonds is 3. The van der Waals surface area contributed by atoms with Gasteiger partial charge < -0.3 is 5.11 Å². The number of hydrogen-bond donors (Lipinski definition) is 1. The maximum absolute atomic E-state index is 10.7. The summed E-state index contributed by atoms with van der Waals surface area (Å²) in [6.45, 7) is 7.21. The molecule has 0 aliphatic heterocycles. The summed E-state index contributed by atoms with van der Waals surface area (Å²) in [6.07, 6.45) is 2.53. The fraction of sp³-hybridized carbons (Fsp3) is 0.923. The lowest BCUT2D eigenvalue weighted by molar-refractivity contribution is -0.149. The van der Waals surface area contributed by atoms with Gasteiger partial charge in [-0.2, -0.15) is 0 Å².